The highest BCUT2D eigenvalue weighted by Gasteiger charge is 2.19. The minimum absolute atomic E-state index is 0.0246. The molecule has 25 heavy (non-hydrogen) atoms. The highest BCUT2D eigenvalue weighted by atomic mass is 16.5. The van der Waals surface area contributed by atoms with Crippen molar-refractivity contribution in [1.82, 2.24) is 0 Å². The second-order valence-electron chi connectivity index (χ2n) is 5.39. The van der Waals surface area contributed by atoms with Gasteiger partial charge in [-0.05, 0) is 35.9 Å². The lowest BCUT2D eigenvalue weighted by atomic mass is 10.1. The molecule has 128 valence electrons. The predicted molar refractivity (Wildman–Crippen MR) is 89.9 cm³/mol. The third kappa shape index (κ3) is 2.88. The zero-order valence-electron chi connectivity index (χ0n) is 12.9. The highest BCUT2D eigenvalue weighted by molar-refractivity contribution is 5.99. The number of hydrogen-bond donors (Lipinski definition) is 5. The topological polar surface area (TPSA) is 133 Å². The lowest BCUT2D eigenvalue weighted by Gasteiger charge is -2.10. The maximum atomic E-state index is 12.2. The number of carbonyl (C=O) groups excluding carboxylic acids is 1. The molecular formula is C18H15NO6. The van der Waals surface area contributed by atoms with E-state index in [1.807, 2.05) is 0 Å². The number of esters is 1. The van der Waals surface area contributed by atoms with Gasteiger partial charge in [-0.15, -0.1) is 0 Å². The molecule has 0 aliphatic rings. The fourth-order valence-electron chi connectivity index (χ4n) is 2.41. The number of fused-ring (bicyclic) bond motifs is 1. The molecule has 3 aromatic carbocycles. The standard InChI is InChI=1S/C18H15NO6/c19-8-9-1-3-10(4-2-9)18(24)25-11-5-6-12-13(7-11)15(21)17(23)16(22)14(12)20/h1-7,20-23H,8,19H2. The van der Waals surface area contributed by atoms with E-state index in [-0.39, 0.29) is 16.5 Å². The van der Waals surface area contributed by atoms with Gasteiger partial charge in [0.05, 0.1) is 5.56 Å². The Morgan fingerprint density at radius 1 is 0.840 bits per heavy atom. The molecule has 0 radical (unpaired) electrons. The summed E-state index contributed by atoms with van der Waals surface area (Å²) >= 11 is 0. The van der Waals surface area contributed by atoms with Crippen LogP contribution < -0.4 is 10.5 Å². The molecule has 7 heteroatoms. The largest absolute Gasteiger partial charge is 0.504 e. The maximum Gasteiger partial charge on any atom is 0.343 e. The first-order valence-electron chi connectivity index (χ1n) is 7.33. The fraction of sp³-hybridized carbons (Fsp3) is 0.0556. The van der Waals surface area contributed by atoms with Crippen LogP contribution in [-0.4, -0.2) is 26.4 Å². The van der Waals surface area contributed by atoms with Crippen molar-refractivity contribution < 1.29 is 30.0 Å². The monoisotopic (exact) mass is 341 g/mol. The average molecular weight is 341 g/mol. The predicted octanol–water partition coefficient (Wildman–Crippen LogP) is 2.34. The number of benzene rings is 3. The quantitative estimate of drug-likeness (QED) is 0.214. The summed E-state index contributed by atoms with van der Waals surface area (Å²) in [7, 11) is 0. The van der Waals surface area contributed by atoms with E-state index in [1.165, 1.54) is 18.2 Å². The van der Waals surface area contributed by atoms with Crippen molar-refractivity contribution in [2.45, 2.75) is 6.54 Å². The Morgan fingerprint density at radius 3 is 2.04 bits per heavy atom. The van der Waals surface area contributed by atoms with E-state index in [4.69, 9.17) is 10.5 Å². The van der Waals surface area contributed by atoms with Crippen LogP contribution in [0.15, 0.2) is 42.5 Å². The molecule has 0 bridgehead atoms. The molecule has 3 rings (SSSR count). The Hall–Kier alpha value is -3.45. The first-order chi connectivity index (χ1) is 11.9. The summed E-state index contributed by atoms with van der Waals surface area (Å²) in [5.74, 6) is -3.41. The molecule has 0 fully saturated rings. The fourth-order valence-corrected chi connectivity index (χ4v) is 2.41. The third-order valence-corrected chi connectivity index (χ3v) is 3.81. The Labute approximate surface area is 142 Å². The zero-order valence-corrected chi connectivity index (χ0v) is 12.9. The summed E-state index contributed by atoms with van der Waals surface area (Å²) in [5.41, 5.74) is 6.69. The smallest absolute Gasteiger partial charge is 0.343 e. The van der Waals surface area contributed by atoms with E-state index >= 15 is 0 Å². The second kappa shape index (κ2) is 6.21. The van der Waals surface area contributed by atoms with Crippen LogP contribution in [0.4, 0.5) is 0 Å². The van der Waals surface area contributed by atoms with Gasteiger partial charge in [-0.25, -0.2) is 4.79 Å². The number of ether oxygens (including phenoxy) is 1. The summed E-state index contributed by atoms with van der Waals surface area (Å²) in [6.07, 6.45) is 0. The summed E-state index contributed by atoms with van der Waals surface area (Å²) in [6.45, 7) is 0.360. The van der Waals surface area contributed by atoms with Crippen molar-refractivity contribution in [2.75, 3.05) is 0 Å². The lowest BCUT2D eigenvalue weighted by Crippen LogP contribution is -2.08. The van der Waals surface area contributed by atoms with Crippen LogP contribution in [0.25, 0.3) is 10.8 Å². The van der Waals surface area contributed by atoms with Crippen LogP contribution in [0.1, 0.15) is 15.9 Å². The van der Waals surface area contributed by atoms with Gasteiger partial charge in [0.15, 0.2) is 11.5 Å². The van der Waals surface area contributed by atoms with E-state index in [1.54, 1.807) is 24.3 Å². The Balaban J connectivity index is 1.95. The van der Waals surface area contributed by atoms with E-state index in [2.05, 4.69) is 0 Å². The van der Waals surface area contributed by atoms with Crippen LogP contribution in [0.2, 0.25) is 0 Å². The summed E-state index contributed by atoms with van der Waals surface area (Å²) in [6, 6.07) is 10.6. The van der Waals surface area contributed by atoms with Gasteiger partial charge in [-0.2, -0.15) is 0 Å². The van der Waals surface area contributed by atoms with E-state index < -0.39 is 29.0 Å². The summed E-state index contributed by atoms with van der Waals surface area (Å²) in [5, 5.41) is 39.0. The Bertz CT molecular complexity index is 966. The van der Waals surface area contributed by atoms with Crippen LogP contribution in [0.5, 0.6) is 28.7 Å². The number of aromatic hydroxyl groups is 4. The minimum Gasteiger partial charge on any atom is -0.504 e. The molecule has 0 aliphatic heterocycles. The van der Waals surface area contributed by atoms with E-state index in [0.29, 0.717) is 12.1 Å². The van der Waals surface area contributed by atoms with E-state index in [0.717, 1.165) is 5.56 Å². The number of phenols is 4. The first-order valence-corrected chi connectivity index (χ1v) is 7.33. The normalized spacial score (nSPS) is 10.8. The number of carbonyl (C=O) groups is 1. The number of phenolic OH excluding ortho intramolecular Hbond substituents is 4. The molecule has 0 aliphatic carbocycles. The molecule has 0 saturated carbocycles. The summed E-state index contributed by atoms with van der Waals surface area (Å²) in [4.78, 5) is 12.2. The molecule has 0 aromatic heterocycles. The van der Waals surface area contributed by atoms with Crippen LogP contribution >= 0.6 is 0 Å². The second-order valence-corrected chi connectivity index (χ2v) is 5.39. The molecule has 0 unspecified atom stereocenters. The molecular weight excluding hydrogens is 326 g/mol. The molecule has 7 nitrogen and oxygen atoms in total. The van der Waals surface area contributed by atoms with Gasteiger partial charge < -0.3 is 30.9 Å². The van der Waals surface area contributed by atoms with Crippen LogP contribution in [0.3, 0.4) is 0 Å². The van der Waals surface area contributed by atoms with Crippen molar-refractivity contribution in [3.05, 3.63) is 53.6 Å². The SMILES string of the molecule is NCc1ccc(C(=O)Oc2ccc3c(O)c(O)c(O)c(O)c3c2)cc1. The molecule has 0 spiro atoms. The molecule has 3 aromatic rings. The van der Waals surface area contributed by atoms with Gasteiger partial charge in [-0.1, -0.05) is 12.1 Å². The number of nitrogens with two attached hydrogens (primary N) is 1. The average Bonchev–Trinajstić information content (AvgIpc) is 2.64. The van der Waals surface area contributed by atoms with E-state index in [9.17, 15) is 25.2 Å². The third-order valence-electron chi connectivity index (χ3n) is 3.81. The van der Waals surface area contributed by atoms with Crippen molar-refractivity contribution in [3.63, 3.8) is 0 Å². The minimum atomic E-state index is -0.856. The van der Waals surface area contributed by atoms with Gasteiger partial charge in [0.25, 0.3) is 0 Å². The van der Waals surface area contributed by atoms with Crippen LogP contribution in [-0.2, 0) is 6.54 Å². The first kappa shape index (κ1) is 16.4. The lowest BCUT2D eigenvalue weighted by molar-refractivity contribution is 0.0735. The number of hydrogen-bond acceptors (Lipinski definition) is 7. The molecule has 0 amide bonds. The highest BCUT2D eigenvalue weighted by Crippen LogP contribution is 2.49. The molecule has 0 saturated heterocycles. The summed E-state index contributed by atoms with van der Waals surface area (Å²) < 4.78 is 5.24. The van der Waals surface area contributed by atoms with Gasteiger partial charge in [-0.3, -0.25) is 0 Å². The number of rotatable bonds is 3. The van der Waals surface area contributed by atoms with Crippen molar-refractivity contribution in [3.8, 4) is 28.7 Å². The van der Waals surface area contributed by atoms with Crippen molar-refractivity contribution in [1.29, 1.82) is 0 Å². The molecule has 0 heterocycles. The Kier molecular flexibility index (Phi) is 4.08. The van der Waals surface area contributed by atoms with Crippen molar-refractivity contribution >= 4 is 16.7 Å². The van der Waals surface area contributed by atoms with Gasteiger partial charge >= 0.3 is 5.97 Å². The van der Waals surface area contributed by atoms with Gasteiger partial charge in [0, 0.05) is 17.3 Å². The van der Waals surface area contributed by atoms with Gasteiger partial charge in [0.2, 0.25) is 11.5 Å². The van der Waals surface area contributed by atoms with Crippen LogP contribution in [0, 0.1) is 0 Å². The van der Waals surface area contributed by atoms with Gasteiger partial charge in [0.1, 0.15) is 5.75 Å². The van der Waals surface area contributed by atoms with Crippen molar-refractivity contribution in [2.24, 2.45) is 5.73 Å². The molecule has 0 atom stereocenters. The Morgan fingerprint density at radius 2 is 1.44 bits per heavy atom. The maximum absolute atomic E-state index is 12.2. The molecule has 6 N–H and O–H groups in total. The zero-order chi connectivity index (χ0) is 18.1.